The Labute approximate surface area is 124 Å². The highest BCUT2D eigenvalue weighted by atomic mass is 32.2. The quantitative estimate of drug-likeness (QED) is 0.857. The summed E-state index contributed by atoms with van der Waals surface area (Å²) in [5, 5.41) is 20.5. The van der Waals surface area contributed by atoms with E-state index in [1.165, 1.54) is 11.8 Å². The Kier molecular flexibility index (Phi) is 5.22. The van der Waals surface area contributed by atoms with Gasteiger partial charge in [0.1, 0.15) is 6.07 Å². The zero-order valence-corrected chi connectivity index (χ0v) is 13.0. The van der Waals surface area contributed by atoms with Gasteiger partial charge in [-0.05, 0) is 31.0 Å². The molecule has 0 aliphatic heterocycles. The summed E-state index contributed by atoms with van der Waals surface area (Å²) in [7, 11) is 1.89. The van der Waals surface area contributed by atoms with Gasteiger partial charge in [0.05, 0.1) is 5.56 Å². The van der Waals surface area contributed by atoms with Crippen molar-refractivity contribution >= 4 is 34.9 Å². The molecule has 0 amide bonds. The third-order valence-electron chi connectivity index (χ3n) is 2.31. The zero-order chi connectivity index (χ0) is 13.7. The van der Waals surface area contributed by atoms with Crippen LogP contribution in [-0.2, 0) is 6.54 Å². The van der Waals surface area contributed by atoms with Crippen LogP contribution in [0.4, 0.5) is 0 Å². The van der Waals surface area contributed by atoms with Gasteiger partial charge in [-0.2, -0.15) is 5.26 Å². The van der Waals surface area contributed by atoms with Crippen LogP contribution in [-0.4, -0.2) is 23.5 Å². The number of nitrogens with one attached hydrogen (secondary N) is 1. The summed E-state index contributed by atoms with van der Waals surface area (Å²) in [4.78, 5) is 0.922. The van der Waals surface area contributed by atoms with Gasteiger partial charge in [0.15, 0.2) is 8.68 Å². The Hall–Kier alpha value is -1.07. The molecule has 0 aliphatic carbocycles. The summed E-state index contributed by atoms with van der Waals surface area (Å²) in [5.74, 6) is 0. The van der Waals surface area contributed by atoms with Gasteiger partial charge in [0, 0.05) is 11.4 Å². The van der Waals surface area contributed by atoms with Crippen LogP contribution < -0.4 is 5.32 Å². The number of benzene rings is 1. The average Bonchev–Trinajstić information content (AvgIpc) is 2.88. The number of thioether (sulfide) groups is 1. The normalized spacial score (nSPS) is 10.4. The molecule has 1 aromatic carbocycles. The van der Waals surface area contributed by atoms with Gasteiger partial charge in [-0.25, -0.2) is 0 Å². The molecule has 98 valence electrons. The molecule has 7 heteroatoms. The first kappa shape index (κ1) is 14.3. The van der Waals surface area contributed by atoms with E-state index in [4.69, 9.17) is 0 Å². The summed E-state index contributed by atoms with van der Waals surface area (Å²) >= 11 is 4.61. The lowest BCUT2D eigenvalue weighted by Gasteiger charge is -2.04. The van der Waals surface area contributed by atoms with E-state index in [-0.39, 0.29) is 0 Å². The van der Waals surface area contributed by atoms with E-state index >= 15 is 0 Å². The van der Waals surface area contributed by atoms with Gasteiger partial charge in [-0.3, -0.25) is 0 Å². The first-order chi connectivity index (χ1) is 9.26. The highest BCUT2D eigenvalue weighted by Crippen LogP contribution is 2.34. The maximum absolute atomic E-state index is 9.22. The van der Waals surface area contributed by atoms with E-state index in [1.807, 2.05) is 31.5 Å². The van der Waals surface area contributed by atoms with Crippen LogP contribution >= 0.6 is 34.9 Å². The lowest BCUT2D eigenvalue weighted by atomic mass is 10.1. The van der Waals surface area contributed by atoms with Crippen molar-refractivity contribution in [3.05, 3.63) is 29.3 Å². The third-order valence-corrected chi connectivity index (χ3v) is 5.33. The van der Waals surface area contributed by atoms with Crippen molar-refractivity contribution in [1.82, 2.24) is 15.5 Å². The molecule has 0 bridgehead atoms. The molecule has 0 saturated carbocycles. The lowest BCUT2D eigenvalue weighted by Crippen LogP contribution is -2.05. The van der Waals surface area contributed by atoms with E-state index in [0.29, 0.717) is 5.56 Å². The van der Waals surface area contributed by atoms with Crippen molar-refractivity contribution in [2.75, 3.05) is 13.3 Å². The molecule has 4 nitrogen and oxygen atoms in total. The zero-order valence-electron chi connectivity index (χ0n) is 10.5. The van der Waals surface area contributed by atoms with Crippen LogP contribution in [0.15, 0.2) is 31.8 Å². The predicted molar refractivity (Wildman–Crippen MR) is 79.7 cm³/mol. The molecule has 0 atom stereocenters. The second kappa shape index (κ2) is 6.91. The highest BCUT2D eigenvalue weighted by Gasteiger charge is 2.09. The summed E-state index contributed by atoms with van der Waals surface area (Å²) in [6.45, 7) is 0.759. The lowest BCUT2D eigenvalue weighted by molar-refractivity contribution is 0.816. The van der Waals surface area contributed by atoms with Crippen molar-refractivity contribution < 1.29 is 0 Å². The summed E-state index contributed by atoms with van der Waals surface area (Å²) in [5.41, 5.74) is 1.78. The second-order valence-electron chi connectivity index (χ2n) is 3.61. The maximum atomic E-state index is 9.22. The van der Waals surface area contributed by atoms with E-state index in [0.717, 1.165) is 25.7 Å². The Bertz CT molecular complexity index is 603. The molecule has 19 heavy (non-hydrogen) atoms. The fourth-order valence-electron chi connectivity index (χ4n) is 1.48. The van der Waals surface area contributed by atoms with Gasteiger partial charge < -0.3 is 5.32 Å². The van der Waals surface area contributed by atoms with Gasteiger partial charge in [0.2, 0.25) is 0 Å². The number of hydrogen-bond acceptors (Lipinski definition) is 7. The van der Waals surface area contributed by atoms with Crippen LogP contribution in [0.5, 0.6) is 0 Å². The van der Waals surface area contributed by atoms with Crippen molar-refractivity contribution in [3.63, 3.8) is 0 Å². The van der Waals surface area contributed by atoms with Crippen LogP contribution in [0.1, 0.15) is 11.1 Å². The van der Waals surface area contributed by atoms with E-state index < -0.39 is 0 Å². The van der Waals surface area contributed by atoms with Crippen molar-refractivity contribution in [1.29, 1.82) is 5.26 Å². The smallest absolute Gasteiger partial charge is 0.179 e. The van der Waals surface area contributed by atoms with E-state index in [9.17, 15) is 5.26 Å². The highest BCUT2D eigenvalue weighted by molar-refractivity contribution is 8.03. The molecule has 1 heterocycles. The third kappa shape index (κ3) is 3.70. The molecule has 0 fully saturated rings. The standard InChI is InChI=1S/C12H12N4S3/c1-14-7-8-3-4-10(9(5-8)6-13)18-12-16-15-11(17-2)19-12/h3-5,14H,7H2,1-2H3. The van der Waals surface area contributed by atoms with E-state index in [2.05, 4.69) is 21.6 Å². The van der Waals surface area contributed by atoms with Crippen LogP contribution in [0, 0.1) is 11.3 Å². The largest absolute Gasteiger partial charge is 0.316 e. The van der Waals surface area contributed by atoms with Crippen LogP contribution in [0.25, 0.3) is 0 Å². The van der Waals surface area contributed by atoms with Gasteiger partial charge in [0.25, 0.3) is 0 Å². The first-order valence-corrected chi connectivity index (χ1v) is 8.35. The molecule has 0 radical (unpaired) electrons. The number of rotatable bonds is 5. The molecule has 0 saturated heterocycles. The fourth-order valence-corrected chi connectivity index (χ4v) is 3.94. The Morgan fingerprint density at radius 2 is 2.16 bits per heavy atom. The summed E-state index contributed by atoms with van der Waals surface area (Å²) < 4.78 is 1.80. The molecule has 2 aromatic rings. The number of hydrogen-bond donors (Lipinski definition) is 1. The number of nitriles is 1. The van der Waals surface area contributed by atoms with Crippen molar-refractivity contribution in [2.45, 2.75) is 20.1 Å². The minimum absolute atomic E-state index is 0.679. The Balaban J connectivity index is 2.22. The minimum Gasteiger partial charge on any atom is -0.316 e. The molecular formula is C12H12N4S3. The Morgan fingerprint density at radius 3 is 2.79 bits per heavy atom. The topological polar surface area (TPSA) is 61.6 Å². The van der Waals surface area contributed by atoms with Gasteiger partial charge in [-0.15, -0.1) is 10.2 Å². The molecule has 1 aromatic heterocycles. The molecule has 0 unspecified atom stereocenters. The minimum atomic E-state index is 0.679. The molecule has 0 aliphatic rings. The fraction of sp³-hybridized carbons (Fsp3) is 0.250. The average molecular weight is 308 g/mol. The molecule has 1 N–H and O–H groups in total. The van der Waals surface area contributed by atoms with Crippen LogP contribution in [0.2, 0.25) is 0 Å². The molecular weight excluding hydrogens is 296 g/mol. The Morgan fingerprint density at radius 1 is 1.37 bits per heavy atom. The predicted octanol–water partition coefficient (Wildman–Crippen LogP) is 3.00. The number of nitrogens with zero attached hydrogens (tertiary/aromatic N) is 3. The SMILES string of the molecule is CNCc1ccc(Sc2nnc(SC)s2)c(C#N)c1. The van der Waals surface area contributed by atoms with Crippen molar-refractivity contribution in [3.8, 4) is 6.07 Å². The summed E-state index contributed by atoms with van der Waals surface area (Å²) in [6.07, 6.45) is 1.97. The molecule has 2 rings (SSSR count). The number of aromatic nitrogens is 2. The molecule has 0 spiro atoms. The second-order valence-corrected chi connectivity index (χ2v) is 6.93. The maximum Gasteiger partial charge on any atom is 0.179 e. The van der Waals surface area contributed by atoms with E-state index in [1.54, 1.807) is 23.1 Å². The first-order valence-electron chi connectivity index (χ1n) is 5.49. The monoisotopic (exact) mass is 308 g/mol. The van der Waals surface area contributed by atoms with Gasteiger partial charge >= 0.3 is 0 Å². The van der Waals surface area contributed by atoms with Crippen molar-refractivity contribution in [2.24, 2.45) is 0 Å². The summed E-state index contributed by atoms with van der Waals surface area (Å²) in [6, 6.07) is 8.14. The van der Waals surface area contributed by atoms with Crippen LogP contribution in [0.3, 0.4) is 0 Å². The van der Waals surface area contributed by atoms with Gasteiger partial charge in [-0.1, -0.05) is 40.9 Å².